The van der Waals surface area contributed by atoms with E-state index in [0.717, 1.165) is 17.1 Å². The van der Waals surface area contributed by atoms with E-state index in [1.165, 1.54) is 60.5 Å². The van der Waals surface area contributed by atoms with Gasteiger partial charge in [-0.2, -0.15) is 0 Å². The molecule has 0 saturated heterocycles. The molecule has 1 nitrogen and oxygen atoms in total. The number of para-hydroxylation sites is 1. The van der Waals surface area contributed by atoms with Gasteiger partial charge in [0.2, 0.25) is 0 Å². The molecule has 0 spiro atoms. The fraction of sp³-hybridized carbons (Fsp3) is 0. The van der Waals surface area contributed by atoms with E-state index in [1.54, 1.807) is 0 Å². The Kier molecular flexibility index (Phi) is 4.89. The fourth-order valence-electron chi connectivity index (χ4n) is 6.04. The van der Waals surface area contributed by atoms with Crippen LogP contribution < -0.4 is 4.74 Å². The summed E-state index contributed by atoms with van der Waals surface area (Å²) in [6, 6.07) is 52.2. The average molecular weight is 497 g/mol. The number of rotatable bonds is 3. The molecular weight excluding hydrogens is 472 g/mol. The van der Waals surface area contributed by atoms with Gasteiger partial charge >= 0.3 is 0 Å². The van der Waals surface area contributed by atoms with Crippen LogP contribution in [0.5, 0.6) is 11.5 Å². The van der Waals surface area contributed by atoms with Crippen LogP contribution >= 0.6 is 0 Å². The zero-order valence-electron chi connectivity index (χ0n) is 21.3. The van der Waals surface area contributed by atoms with Gasteiger partial charge in [0.25, 0.3) is 0 Å². The standard InChI is InChI=1S/C38H24O/c1-2-10-25(11-3-1)32-21-20-27(31-17-8-13-26-12-4-5-15-30(26)31)23-34(32)29-22-28-14-9-19-37-38(28)35(24-29)33-16-6-7-18-36(33)39-37/h1-24H. The van der Waals surface area contributed by atoms with Crippen LogP contribution in [0.4, 0.5) is 0 Å². The molecule has 0 unspecified atom stereocenters. The Balaban J connectivity index is 1.42. The Hall–Kier alpha value is -5.14. The molecule has 1 aliphatic heterocycles. The molecule has 1 aliphatic rings. The summed E-state index contributed by atoms with van der Waals surface area (Å²) < 4.78 is 6.31. The topological polar surface area (TPSA) is 9.23 Å². The van der Waals surface area contributed by atoms with E-state index in [-0.39, 0.29) is 0 Å². The van der Waals surface area contributed by atoms with Gasteiger partial charge in [0.05, 0.1) is 0 Å². The monoisotopic (exact) mass is 496 g/mol. The van der Waals surface area contributed by atoms with E-state index >= 15 is 0 Å². The van der Waals surface area contributed by atoms with E-state index < -0.39 is 0 Å². The maximum absolute atomic E-state index is 6.31. The fourth-order valence-corrected chi connectivity index (χ4v) is 6.04. The lowest BCUT2D eigenvalue weighted by atomic mass is 9.86. The molecule has 1 heterocycles. The SMILES string of the molecule is c1ccc(-c2ccc(-c3cccc4ccccc34)cc2-c2cc3c4c(cccc4c2)Oc2ccccc2-3)cc1. The summed E-state index contributed by atoms with van der Waals surface area (Å²) in [5, 5.41) is 4.88. The number of ether oxygens (including phenoxy) is 1. The van der Waals surface area contributed by atoms with Crippen molar-refractivity contribution in [2.75, 3.05) is 0 Å². The number of fused-ring (bicyclic) bond motifs is 3. The van der Waals surface area contributed by atoms with Crippen molar-refractivity contribution in [3.8, 4) is 56.0 Å². The van der Waals surface area contributed by atoms with Gasteiger partial charge in [-0.3, -0.25) is 0 Å². The van der Waals surface area contributed by atoms with E-state index in [2.05, 4.69) is 140 Å². The third-order valence-electron chi connectivity index (χ3n) is 7.85. The number of hydrogen-bond acceptors (Lipinski definition) is 1. The van der Waals surface area contributed by atoms with Crippen molar-refractivity contribution in [1.82, 2.24) is 0 Å². The van der Waals surface area contributed by atoms with Crippen molar-refractivity contribution in [3.63, 3.8) is 0 Å². The molecule has 0 radical (unpaired) electrons. The Morgan fingerprint density at radius 1 is 0.333 bits per heavy atom. The first-order valence-electron chi connectivity index (χ1n) is 13.4. The molecule has 8 rings (SSSR count). The second kappa shape index (κ2) is 8.72. The predicted molar refractivity (Wildman–Crippen MR) is 163 cm³/mol. The smallest absolute Gasteiger partial charge is 0.135 e. The van der Waals surface area contributed by atoms with Gasteiger partial charge in [-0.05, 0) is 85.4 Å². The molecule has 0 aliphatic carbocycles. The molecule has 0 amide bonds. The van der Waals surface area contributed by atoms with Crippen molar-refractivity contribution < 1.29 is 4.74 Å². The molecule has 0 fully saturated rings. The van der Waals surface area contributed by atoms with Crippen LogP contribution in [0.2, 0.25) is 0 Å². The predicted octanol–water partition coefficient (Wildman–Crippen LogP) is 10.8. The third-order valence-corrected chi connectivity index (χ3v) is 7.85. The van der Waals surface area contributed by atoms with Gasteiger partial charge < -0.3 is 4.74 Å². The summed E-state index contributed by atoms with van der Waals surface area (Å²) in [6.07, 6.45) is 0. The van der Waals surface area contributed by atoms with Gasteiger partial charge in [0.15, 0.2) is 0 Å². The highest BCUT2D eigenvalue weighted by Crippen LogP contribution is 2.49. The second-order valence-corrected chi connectivity index (χ2v) is 10.1. The summed E-state index contributed by atoms with van der Waals surface area (Å²) in [4.78, 5) is 0. The molecule has 0 aromatic heterocycles. The summed E-state index contributed by atoms with van der Waals surface area (Å²) in [6.45, 7) is 0. The zero-order chi connectivity index (χ0) is 25.8. The summed E-state index contributed by atoms with van der Waals surface area (Å²) in [5.74, 6) is 1.82. The Morgan fingerprint density at radius 2 is 1.03 bits per heavy atom. The quantitative estimate of drug-likeness (QED) is 0.236. The summed E-state index contributed by atoms with van der Waals surface area (Å²) in [7, 11) is 0. The first-order chi connectivity index (χ1) is 19.3. The van der Waals surface area contributed by atoms with E-state index in [4.69, 9.17) is 4.74 Å². The summed E-state index contributed by atoms with van der Waals surface area (Å²) in [5.41, 5.74) is 9.67. The number of benzene rings is 7. The lowest BCUT2D eigenvalue weighted by Gasteiger charge is -2.23. The molecule has 0 bridgehead atoms. The first-order valence-corrected chi connectivity index (χ1v) is 13.4. The van der Waals surface area contributed by atoms with Gasteiger partial charge in [-0.1, -0.05) is 115 Å². The third kappa shape index (κ3) is 3.55. The van der Waals surface area contributed by atoms with Crippen LogP contribution in [0.25, 0.3) is 66.1 Å². The van der Waals surface area contributed by atoms with Crippen LogP contribution in [0.1, 0.15) is 0 Å². The van der Waals surface area contributed by atoms with Crippen molar-refractivity contribution in [2.24, 2.45) is 0 Å². The molecule has 0 N–H and O–H groups in total. The van der Waals surface area contributed by atoms with Crippen molar-refractivity contribution in [1.29, 1.82) is 0 Å². The average Bonchev–Trinajstić information content (AvgIpc) is 3.01. The highest BCUT2D eigenvalue weighted by Gasteiger charge is 2.21. The lowest BCUT2D eigenvalue weighted by molar-refractivity contribution is 0.487. The van der Waals surface area contributed by atoms with Gasteiger partial charge in [0.1, 0.15) is 11.5 Å². The Bertz CT molecular complexity index is 2030. The minimum Gasteiger partial charge on any atom is -0.456 e. The molecule has 7 aromatic rings. The van der Waals surface area contributed by atoms with Crippen molar-refractivity contribution in [3.05, 3.63) is 146 Å². The van der Waals surface area contributed by atoms with Gasteiger partial charge in [-0.15, -0.1) is 0 Å². The minimum absolute atomic E-state index is 0.905. The molecule has 0 atom stereocenters. The van der Waals surface area contributed by atoms with Crippen LogP contribution in [0, 0.1) is 0 Å². The normalized spacial score (nSPS) is 11.8. The molecule has 39 heavy (non-hydrogen) atoms. The number of hydrogen-bond donors (Lipinski definition) is 0. The molecule has 7 aromatic carbocycles. The van der Waals surface area contributed by atoms with Gasteiger partial charge in [0, 0.05) is 10.9 Å². The van der Waals surface area contributed by atoms with E-state index in [1.807, 2.05) is 6.07 Å². The Morgan fingerprint density at radius 3 is 1.97 bits per heavy atom. The molecule has 182 valence electrons. The van der Waals surface area contributed by atoms with Crippen LogP contribution in [-0.4, -0.2) is 0 Å². The molecule has 1 heteroatoms. The Labute approximate surface area is 227 Å². The van der Waals surface area contributed by atoms with Gasteiger partial charge in [-0.25, -0.2) is 0 Å². The highest BCUT2D eigenvalue weighted by atomic mass is 16.5. The van der Waals surface area contributed by atoms with Crippen LogP contribution in [-0.2, 0) is 0 Å². The highest BCUT2D eigenvalue weighted by molar-refractivity contribution is 6.07. The first kappa shape index (κ1) is 21.9. The van der Waals surface area contributed by atoms with Crippen LogP contribution in [0.3, 0.4) is 0 Å². The van der Waals surface area contributed by atoms with Crippen molar-refractivity contribution in [2.45, 2.75) is 0 Å². The maximum atomic E-state index is 6.31. The van der Waals surface area contributed by atoms with E-state index in [0.29, 0.717) is 0 Å². The zero-order valence-corrected chi connectivity index (χ0v) is 21.3. The molecule has 0 saturated carbocycles. The minimum atomic E-state index is 0.905. The second-order valence-electron chi connectivity index (χ2n) is 10.1. The summed E-state index contributed by atoms with van der Waals surface area (Å²) >= 11 is 0. The maximum Gasteiger partial charge on any atom is 0.135 e. The lowest BCUT2D eigenvalue weighted by Crippen LogP contribution is -1.97. The van der Waals surface area contributed by atoms with Crippen molar-refractivity contribution >= 4 is 21.5 Å². The largest absolute Gasteiger partial charge is 0.456 e. The van der Waals surface area contributed by atoms with E-state index in [9.17, 15) is 0 Å². The van der Waals surface area contributed by atoms with Crippen LogP contribution in [0.15, 0.2) is 146 Å². The molecular formula is C38H24O.